The van der Waals surface area contributed by atoms with Gasteiger partial charge in [0.2, 0.25) is 0 Å². The molecule has 0 bridgehead atoms. The summed E-state index contributed by atoms with van der Waals surface area (Å²) in [6, 6.07) is 10.8. The maximum absolute atomic E-state index is 5.57. The summed E-state index contributed by atoms with van der Waals surface area (Å²) in [4.78, 5) is 0. The molecule has 0 aromatic heterocycles. The summed E-state index contributed by atoms with van der Waals surface area (Å²) < 4.78 is 22.9. The lowest BCUT2D eigenvalue weighted by Crippen LogP contribution is -2.48. The van der Waals surface area contributed by atoms with Crippen molar-refractivity contribution in [2.45, 2.75) is 18.9 Å². The van der Waals surface area contributed by atoms with Crippen molar-refractivity contribution < 1.29 is 23.4 Å². The molecule has 1 heterocycles. The van der Waals surface area contributed by atoms with E-state index in [0.29, 0.717) is 6.04 Å². The van der Waals surface area contributed by atoms with Gasteiger partial charge in [-0.3, -0.25) is 0 Å². The molecule has 5 nitrogen and oxygen atoms in total. The van der Waals surface area contributed by atoms with Crippen molar-refractivity contribution >= 4 is 0 Å². The van der Waals surface area contributed by atoms with Gasteiger partial charge in [-0.1, -0.05) is 6.07 Å². The summed E-state index contributed by atoms with van der Waals surface area (Å²) in [6.07, 6.45) is 1.95. The molecule has 1 aliphatic rings. The summed E-state index contributed by atoms with van der Waals surface area (Å²) in [7, 11) is 11.3. The third-order valence-corrected chi connectivity index (χ3v) is 5.68. The van der Waals surface area contributed by atoms with E-state index in [0.717, 1.165) is 46.9 Å². The van der Waals surface area contributed by atoms with Crippen molar-refractivity contribution in [2.75, 3.05) is 49.1 Å². The Morgan fingerprint density at radius 3 is 2.04 bits per heavy atom. The van der Waals surface area contributed by atoms with E-state index in [1.807, 2.05) is 6.07 Å². The van der Waals surface area contributed by atoms with Gasteiger partial charge in [-0.05, 0) is 35.4 Å². The first-order chi connectivity index (χ1) is 12.9. The largest absolute Gasteiger partial charge is 0.493 e. The number of benzene rings is 2. The summed E-state index contributed by atoms with van der Waals surface area (Å²) in [5.41, 5.74) is 3.90. The molecule has 0 saturated heterocycles. The van der Waals surface area contributed by atoms with Crippen LogP contribution in [0.2, 0.25) is 0 Å². The lowest BCUT2D eigenvalue weighted by Gasteiger charge is -2.43. The number of ether oxygens (including phenoxy) is 4. The van der Waals surface area contributed by atoms with Crippen molar-refractivity contribution in [3.63, 3.8) is 0 Å². The zero-order valence-corrected chi connectivity index (χ0v) is 17.2. The Balaban J connectivity index is 2.02. The van der Waals surface area contributed by atoms with Crippen molar-refractivity contribution in [3.8, 4) is 23.0 Å². The molecule has 2 aromatic rings. The fourth-order valence-corrected chi connectivity index (χ4v) is 3.99. The Labute approximate surface area is 162 Å². The van der Waals surface area contributed by atoms with Crippen LogP contribution in [-0.2, 0) is 12.8 Å². The minimum Gasteiger partial charge on any atom is -0.493 e. The lowest BCUT2D eigenvalue weighted by molar-refractivity contribution is -0.923. The van der Waals surface area contributed by atoms with E-state index in [1.165, 1.54) is 16.7 Å². The first kappa shape index (κ1) is 19.4. The Hall–Kier alpha value is -2.40. The Kier molecular flexibility index (Phi) is 5.51. The van der Waals surface area contributed by atoms with E-state index in [1.54, 1.807) is 28.4 Å². The van der Waals surface area contributed by atoms with Crippen molar-refractivity contribution in [3.05, 3.63) is 47.0 Å². The molecule has 1 atom stereocenters. The third kappa shape index (κ3) is 3.69. The molecule has 3 rings (SSSR count). The Bertz CT molecular complexity index is 816. The van der Waals surface area contributed by atoms with Crippen molar-refractivity contribution in [1.82, 2.24) is 0 Å². The normalized spacial score (nSPS) is 17.8. The quantitative estimate of drug-likeness (QED) is 0.726. The van der Waals surface area contributed by atoms with Crippen LogP contribution in [0, 0.1) is 0 Å². The topological polar surface area (TPSA) is 36.9 Å². The first-order valence-electron chi connectivity index (χ1n) is 9.22. The van der Waals surface area contributed by atoms with Crippen LogP contribution in [0.15, 0.2) is 30.3 Å². The van der Waals surface area contributed by atoms with Crippen LogP contribution in [0.25, 0.3) is 0 Å². The zero-order chi connectivity index (χ0) is 19.6. The molecule has 0 unspecified atom stereocenters. The number of methoxy groups -OCH3 is 4. The monoisotopic (exact) mass is 372 g/mol. The van der Waals surface area contributed by atoms with Gasteiger partial charge in [0.1, 0.15) is 6.04 Å². The predicted molar refractivity (Wildman–Crippen MR) is 106 cm³/mol. The number of hydrogen-bond acceptors (Lipinski definition) is 4. The van der Waals surface area contributed by atoms with Crippen LogP contribution in [0.1, 0.15) is 22.7 Å². The fourth-order valence-electron chi connectivity index (χ4n) is 3.99. The highest BCUT2D eigenvalue weighted by atomic mass is 16.5. The van der Waals surface area contributed by atoms with Crippen LogP contribution < -0.4 is 18.9 Å². The molecule has 0 radical (unpaired) electrons. The summed E-state index contributed by atoms with van der Waals surface area (Å²) >= 11 is 0. The van der Waals surface area contributed by atoms with Crippen LogP contribution >= 0.6 is 0 Å². The molecule has 27 heavy (non-hydrogen) atoms. The van der Waals surface area contributed by atoms with Crippen molar-refractivity contribution in [2.24, 2.45) is 0 Å². The van der Waals surface area contributed by atoms with Gasteiger partial charge in [-0.15, -0.1) is 0 Å². The number of quaternary nitrogens is 1. The van der Waals surface area contributed by atoms with Crippen LogP contribution in [-0.4, -0.2) is 53.6 Å². The Morgan fingerprint density at radius 1 is 0.815 bits per heavy atom. The lowest BCUT2D eigenvalue weighted by atomic mass is 9.87. The van der Waals surface area contributed by atoms with Gasteiger partial charge in [-0.25, -0.2) is 0 Å². The predicted octanol–water partition coefficient (Wildman–Crippen LogP) is 3.64. The van der Waals surface area contributed by atoms with E-state index < -0.39 is 0 Å². The Morgan fingerprint density at radius 2 is 1.41 bits per heavy atom. The average Bonchev–Trinajstić information content (AvgIpc) is 2.68. The van der Waals surface area contributed by atoms with Gasteiger partial charge in [0.15, 0.2) is 23.0 Å². The van der Waals surface area contributed by atoms with Gasteiger partial charge < -0.3 is 23.4 Å². The highest BCUT2D eigenvalue weighted by molar-refractivity contribution is 5.49. The molecular weight excluding hydrogens is 342 g/mol. The second-order valence-corrected chi connectivity index (χ2v) is 7.57. The molecule has 0 fully saturated rings. The number of hydrogen-bond donors (Lipinski definition) is 0. The first-order valence-corrected chi connectivity index (χ1v) is 9.22. The molecule has 0 spiro atoms. The molecule has 5 heteroatoms. The molecule has 0 aliphatic carbocycles. The summed E-state index contributed by atoms with van der Waals surface area (Å²) in [5, 5.41) is 0. The third-order valence-electron chi connectivity index (χ3n) is 5.68. The van der Waals surface area contributed by atoms with E-state index in [9.17, 15) is 0 Å². The second kappa shape index (κ2) is 7.69. The minimum atomic E-state index is 0.326. The van der Waals surface area contributed by atoms with E-state index in [-0.39, 0.29) is 0 Å². The molecule has 0 N–H and O–H groups in total. The minimum absolute atomic E-state index is 0.326. The summed E-state index contributed by atoms with van der Waals surface area (Å²) in [5.74, 6) is 3.11. The number of likely N-dealkylation sites (N-methyl/N-ethyl adjacent to an activating group) is 1. The van der Waals surface area contributed by atoms with Gasteiger partial charge in [0.05, 0.1) is 49.1 Å². The number of fused-ring (bicyclic) bond motifs is 1. The average molecular weight is 372 g/mol. The van der Waals surface area contributed by atoms with Crippen LogP contribution in [0.3, 0.4) is 0 Å². The summed E-state index contributed by atoms with van der Waals surface area (Å²) in [6.45, 7) is 1.08. The van der Waals surface area contributed by atoms with Crippen LogP contribution in [0.5, 0.6) is 23.0 Å². The number of rotatable bonds is 6. The smallest absolute Gasteiger partial charge is 0.161 e. The van der Waals surface area contributed by atoms with Gasteiger partial charge >= 0.3 is 0 Å². The maximum Gasteiger partial charge on any atom is 0.161 e. The standard InChI is InChI=1S/C22H30NO4/c1-23(2)10-9-16-13-21(26-5)22(27-6)14-17(16)18(23)11-15-7-8-19(24-3)20(12-15)25-4/h7-8,12-14,18H,9-11H2,1-6H3/q+1/t18-/m0/s1. The SMILES string of the molecule is COc1ccc(C[C@H]2c3cc(OC)c(OC)cc3CC[N+]2(C)C)cc1OC. The van der Waals surface area contributed by atoms with Gasteiger partial charge in [0, 0.05) is 18.4 Å². The highest BCUT2D eigenvalue weighted by Crippen LogP contribution is 2.42. The molecule has 2 aromatic carbocycles. The van der Waals surface area contributed by atoms with Crippen LogP contribution in [0.4, 0.5) is 0 Å². The molecule has 0 amide bonds. The molecule has 0 saturated carbocycles. The maximum atomic E-state index is 5.57. The molecular formula is C22H30NO4+. The fraction of sp³-hybridized carbons (Fsp3) is 0.455. The van der Waals surface area contributed by atoms with Gasteiger partial charge in [0.25, 0.3) is 0 Å². The highest BCUT2D eigenvalue weighted by Gasteiger charge is 2.37. The molecule has 1 aliphatic heterocycles. The van der Waals surface area contributed by atoms with Crippen molar-refractivity contribution in [1.29, 1.82) is 0 Å². The number of nitrogens with zero attached hydrogens (tertiary/aromatic N) is 1. The second-order valence-electron chi connectivity index (χ2n) is 7.57. The molecule has 146 valence electrons. The van der Waals surface area contributed by atoms with E-state index in [2.05, 4.69) is 38.4 Å². The van der Waals surface area contributed by atoms with E-state index in [4.69, 9.17) is 18.9 Å². The van der Waals surface area contributed by atoms with E-state index >= 15 is 0 Å². The van der Waals surface area contributed by atoms with Gasteiger partial charge in [-0.2, -0.15) is 0 Å². The zero-order valence-electron chi connectivity index (χ0n) is 17.2.